The SMILES string of the molecule is CCCCC(CC)Nc1cc(Cl)c(C)cc1Br. The molecule has 0 heterocycles. The van der Waals surface area contributed by atoms with Gasteiger partial charge in [-0.3, -0.25) is 0 Å². The summed E-state index contributed by atoms with van der Waals surface area (Å²) in [5.41, 5.74) is 2.20. The third-order valence-corrected chi connectivity index (χ3v) is 4.07. The first-order valence-corrected chi connectivity index (χ1v) is 7.47. The van der Waals surface area contributed by atoms with E-state index < -0.39 is 0 Å². The number of benzene rings is 1. The molecule has 96 valence electrons. The summed E-state index contributed by atoms with van der Waals surface area (Å²) in [5.74, 6) is 0. The van der Waals surface area contributed by atoms with Crippen molar-refractivity contribution in [2.45, 2.75) is 52.5 Å². The molecule has 0 aliphatic heterocycles. The van der Waals surface area contributed by atoms with E-state index in [2.05, 4.69) is 41.2 Å². The summed E-state index contributed by atoms with van der Waals surface area (Å²) >= 11 is 9.74. The molecule has 1 atom stereocenters. The molecule has 17 heavy (non-hydrogen) atoms. The minimum absolute atomic E-state index is 0.532. The predicted molar refractivity (Wildman–Crippen MR) is 81.1 cm³/mol. The lowest BCUT2D eigenvalue weighted by molar-refractivity contribution is 0.593. The largest absolute Gasteiger partial charge is 0.381 e. The predicted octanol–water partition coefficient (Wildman–Crippen LogP) is 5.79. The van der Waals surface area contributed by atoms with Crippen LogP contribution in [0.5, 0.6) is 0 Å². The van der Waals surface area contributed by atoms with Crippen molar-refractivity contribution in [3.8, 4) is 0 Å². The van der Waals surface area contributed by atoms with E-state index in [0.29, 0.717) is 6.04 Å². The molecule has 1 N–H and O–H groups in total. The Kier molecular flexibility index (Phi) is 6.35. The van der Waals surface area contributed by atoms with E-state index in [1.807, 2.05) is 13.0 Å². The summed E-state index contributed by atoms with van der Waals surface area (Å²) in [7, 11) is 0. The quantitative estimate of drug-likeness (QED) is 0.700. The van der Waals surface area contributed by atoms with E-state index in [4.69, 9.17) is 11.6 Å². The van der Waals surface area contributed by atoms with Crippen LogP contribution in [0.1, 0.15) is 45.1 Å². The van der Waals surface area contributed by atoms with Crippen molar-refractivity contribution in [1.29, 1.82) is 0 Å². The number of halogens is 2. The van der Waals surface area contributed by atoms with Crippen LogP contribution in [0.3, 0.4) is 0 Å². The summed E-state index contributed by atoms with van der Waals surface area (Å²) in [4.78, 5) is 0. The van der Waals surface area contributed by atoms with Crippen LogP contribution in [0.4, 0.5) is 5.69 Å². The topological polar surface area (TPSA) is 12.0 Å². The second kappa shape index (κ2) is 7.27. The molecule has 0 saturated heterocycles. The molecule has 1 unspecified atom stereocenters. The summed E-state index contributed by atoms with van der Waals surface area (Å²) in [6.45, 7) is 6.47. The third-order valence-electron chi connectivity index (χ3n) is 3.01. The van der Waals surface area contributed by atoms with E-state index in [0.717, 1.165) is 27.2 Å². The molecular formula is C14H21BrClN. The fraction of sp³-hybridized carbons (Fsp3) is 0.571. The molecule has 0 radical (unpaired) electrons. The van der Waals surface area contributed by atoms with Gasteiger partial charge in [-0.2, -0.15) is 0 Å². The normalized spacial score (nSPS) is 12.5. The van der Waals surface area contributed by atoms with E-state index in [9.17, 15) is 0 Å². The molecule has 1 aromatic rings. The van der Waals surface area contributed by atoms with Gasteiger partial charge in [0.25, 0.3) is 0 Å². The van der Waals surface area contributed by atoms with Crippen molar-refractivity contribution in [3.05, 3.63) is 27.2 Å². The zero-order chi connectivity index (χ0) is 12.8. The van der Waals surface area contributed by atoms with Gasteiger partial charge in [0, 0.05) is 15.5 Å². The first kappa shape index (κ1) is 14.8. The van der Waals surface area contributed by atoms with Crippen molar-refractivity contribution in [2.75, 3.05) is 5.32 Å². The lowest BCUT2D eigenvalue weighted by Crippen LogP contribution is -2.18. The van der Waals surface area contributed by atoms with Crippen LogP contribution in [0.25, 0.3) is 0 Å². The van der Waals surface area contributed by atoms with Gasteiger partial charge in [0.1, 0.15) is 0 Å². The third kappa shape index (κ3) is 4.51. The van der Waals surface area contributed by atoms with Crippen LogP contribution >= 0.6 is 27.5 Å². The van der Waals surface area contributed by atoms with Crippen LogP contribution in [0.2, 0.25) is 5.02 Å². The standard InChI is InChI=1S/C14H21BrClN/c1-4-6-7-11(5-2)17-14-9-13(16)10(3)8-12(14)15/h8-9,11,17H,4-7H2,1-3H3. The van der Waals surface area contributed by atoms with Crippen molar-refractivity contribution >= 4 is 33.2 Å². The van der Waals surface area contributed by atoms with Crippen LogP contribution < -0.4 is 5.32 Å². The molecule has 1 aromatic carbocycles. The Morgan fingerprint density at radius 3 is 2.65 bits per heavy atom. The van der Waals surface area contributed by atoms with Gasteiger partial charge in [-0.05, 0) is 53.4 Å². The van der Waals surface area contributed by atoms with Gasteiger partial charge in [-0.15, -0.1) is 0 Å². The maximum absolute atomic E-state index is 6.16. The number of nitrogens with one attached hydrogen (secondary N) is 1. The lowest BCUT2D eigenvalue weighted by Gasteiger charge is -2.19. The number of rotatable bonds is 6. The average Bonchev–Trinajstić information content (AvgIpc) is 2.30. The van der Waals surface area contributed by atoms with E-state index in [-0.39, 0.29) is 0 Å². The summed E-state index contributed by atoms with van der Waals surface area (Å²) in [6, 6.07) is 4.61. The van der Waals surface area contributed by atoms with Gasteiger partial charge in [0.05, 0.1) is 5.69 Å². The van der Waals surface area contributed by atoms with Crippen molar-refractivity contribution < 1.29 is 0 Å². The smallest absolute Gasteiger partial charge is 0.0501 e. The molecule has 0 aromatic heterocycles. The summed E-state index contributed by atoms with van der Waals surface area (Å²) < 4.78 is 1.09. The molecule has 0 saturated carbocycles. The number of hydrogen-bond acceptors (Lipinski definition) is 1. The molecule has 3 heteroatoms. The molecule has 0 bridgehead atoms. The zero-order valence-electron chi connectivity index (χ0n) is 10.8. The Labute approximate surface area is 118 Å². The second-order valence-electron chi connectivity index (χ2n) is 4.47. The Morgan fingerprint density at radius 1 is 1.35 bits per heavy atom. The second-order valence-corrected chi connectivity index (χ2v) is 5.73. The molecule has 1 rings (SSSR count). The van der Waals surface area contributed by atoms with Gasteiger partial charge in [0.15, 0.2) is 0 Å². The maximum Gasteiger partial charge on any atom is 0.0501 e. The number of unbranched alkanes of at least 4 members (excludes halogenated alkanes) is 1. The van der Waals surface area contributed by atoms with Crippen molar-refractivity contribution in [2.24, 2.45) is 0 Å². The number of hydrogen-bond donors (Lipinski definition) is 1. The first-order valence-electron chi connectivity index (χ1n) is 6.30. The fourth-order valence-corrected chi connectivity index (χ4v) is 2.54. The molecule has 0 spiro atoms. The number of aryl methyl sites for hydroxylation is 1. The van der Waals surface area contributed by atoms with Gasteiger partial charge in [0.2, 0.25) is 0 Å². The molecule has 0 aliphatic carbocycles. The van der Waals surface area contributed by atoms with Gasteiger partial charge >= 0.3 is 0 Å². The highest BCUT2D eigenvalue weighted by Gasteiger charge is 2.09. The van der Waals surface area contributed by atoms with Crippen LogP contribution in [-0.4, -0.2) is 6.04 Å². The lowest BCUT2D eigenvalue weighted by atomic mass is 10.1. The highest BCUT2D eigenvalue weighted by atomic mass is 79.9. The maximum atomic E-state index is 6.16. The molecule has 1 nitrogen and oxygen atoms in total. The van der Waals surface area contributed by atoms with E-state index >= 15 is 0 Å². The van der Waals surface area contributed by atoms with E-state index in [1.165, 1.54) is 19.3 Å². The van der Waals surface area contributed by atoms with Gasteiger partial charge < -0.3 is 5.32 Å². The molecular weight excluding hydrogens is 298 g/mol. The Balaban J connectivity index is 2.75. The van der Waals surface area contributed by atoms with E-state index in [1.54, 1.807) is 0 Å². The minimum atomic E-state index is 0.532. The number of anilines is 1. The zero-order valence-corrected chi connectivity index (χ0v) is 13.2. The Hall–Kier alpha value is -0.210. The van der Waals surface area contributed by atoms with Crippen LogP contribution in [0.15, 0.2) is 16.6 Å². The van der Waals surface area contributed by atoms with Gasteiger partial charge in [-0.25, -0.2) is 0 Å². The molecule has 0 aliphatic rings. The Bertz CT molecular complexity index is 365. The monoisotopic (exact) mass is 317 g/mol. The fourth-order valence-electron chi connectivity index (χ4n) is 1.81. The summed E-state index contributed by atoms with van der Waals surface area (Å²) in [6.07, 6.45) is 4.86. The highest BCUT2D eigenvalue weighted by Crippen LogP contribution is 2.30. The minimum Gasteiger partial charge on any atom is -0.381 e. The Morgan fingerprint density at radius 2 is 2.06 bits per heavy atom. The molecule has 0 amide bonds. The highest BCUT2D eigenvalue weighted by molar-refractivity contribution is 9.10. The van der Waals surface area contributed by atoms with Crippen molar-refractivity contribution in [1.82, 2.24) is 0 Å². The summed E-state index contributed by atoms with van der Waals surface area (Å²) in [5, 5.41) is 4.39. The van der Waals surface area contributed by atoms with Crippen LogP contribution in [0, 0.1) is 6.92 Å². The average molecular weight is 319 g/mol. The van der Waals surface area contributed by atoms with Crippen molar-refractivity contribution in [3.63, 3.8) is 0 Å². The first-order chi connectivity index (χ1) is 8.08. The molecule has 0 fully saturated rings. The van der Waals surface area contributed by atoms with Gasteiger partial charge in [-0.1, -0.05) is 38.3 Å². The van der Waals surface area contributed by atoms with Crippen LogP contribution in [-0.2, 0) is 0 Å².